The van der Waals surface area contributed by atoms with Crippen molar-refractivity contribution in [2.45, 2.75) is 46.0 Å². The molecule has 0 saturated carbocycles. The summed E-state index contributed by atoms with van der Waals surface area (Å²) in [5.41, 5.74) is 1.04. The van der Waals surface area contributed by atoms with Gasteiger partial charge in [0.15, 0.2) is 5.79 Å². The van der Waals surface area contributed by atoms with Gasteiger partial charge in [-0.15, -0.1) is 0 Å². The predicted octanol–water partition coefficient (Wildman–Crippen LogP) is 5.02. The Kier molecular flexibility index (Phi) is 4.18. The smallest absolute Gasteiger partial charge is 0.193 e. The molecule has 1 aliphatic heterocycles. The van der Waals surface area contributed by atoms with Crippen LogP contribution in [0.25, 0.3) is 0 Å². The van der Waals surface area contributed by atoms with Crippen LogP contribution in [-0.4, -0.2) is 12.7 Å². The molecule has 1 aromatic carbocycles. The minimum atomic E-state index is -0.780. The van der Waals surface area contributed by atoms with Crippen LogP contribution in [0, 0.1) is 5.41 Å². The third-order valence-electron chi connectivity index (χ3n) is 3.20. The van der Waals surface area contributed by atoms with Gasteiger partial charge in [-0.2, -0.15) is 0 Å². The zero-order chi connectivity index (χ0) is 14.3. The van der Waals surface area contributed by atoms with Crippen molar-refractivity contribution in [3.8, 4) is 0 Å². The summed E-state index contributed by atoms with van der Waals surface area (Å²) in [6.07, 6.45) is 1.05. The highest BCUT2D eigenvalue weighted by Gasteiger charge is 2.41. The molecule has 0 N–H and O–H groups in total. The Balaban J connectivity index is 2.17. The number of rotatable bonds is 2. The Labute approximate surface area is 125 Å². The largest absolute Gasteiger partial charge is 0.343 e. The molecule has 2 atom stereocenters. The monoisotopic (exact) mass is 302 g/mol. The molecule has 1 fully saturated rings. The first-order valence-electron chi connectivity index (χ1n) is 6.47. The van der Waals surface area contributed by atoms with Gasteiger partial charge in [0, 0.05) is 10.6 Å². The van der Waals surface area contributed by atoms with Crippen molar-refractivity contribution in [2.24, 2.45) is 5.41 Å². The summed E-state index contributed by atoms with van der Waals surface area (Å²) >= 11 is 12.2. The Morgan fingerprint density at radius 1 is 1.32 bits per heavy atom. The van der Waals surface area contributed by atoms with Gasteiger partial charge in [-0.05, 0) is 30.9 Å². The van der Waals surface area contributed by atoms with Gasteiger partial charge in [0.1, 0.15) is 0 Å². The first-order chi connectivity index (χ1) is 8.70. The lowest BCUT2D eigenvalue weighted by Gasteiger charge is -2.27. The maximum Gasteiger partial charge on any atom is 0.193 e. The minimum absolute atomic E-state index is 0.0942. The second-order valence-corrected chi connectivity index (χ2v) is 7.23. The van der Waals surface area contributed by atoms with Gasteiger partial charge in [-0.25, -0.2) is 0 Å². The molecule has 1 saturated heterocycles. The molecule has 19 heavy (non-hydrogen) atoms. The van der Waals surface area contributed by atoms with E-state index in [9.17, 15) is 0 Å². The first kappa shape index (κ1) is 15.1. The molecule has 1 aromatic rings. The van der Waals surface area contributed by atoms with Gasteiger partial charge in [0.25, 0.3) is 0 Å². The summed E-state index contributed by atoms with van der Waals surface area (Å²) in [6, 6.07) is 5.38. The zero-order valence-electron chi connectivity index (χ0n) is 11.8. The maximum atomic E-state index is 6.24. The number of halogens is 2. The second kappa shape index (κ2) is 5.25. The summed E-state index contributed by atoms with van der Waals surface area (Å²) in [4.78, 5) is 0. The van der Waals surface area contributed by atoms with Gasteiger partial charge in [-0.1, -0.05) is 50.0 Å². The summed E-state index contributed by atoms with van der Waals surface area (Å²) in [5, 5.41) is 1.19. The molecule has 0 amide bonds. The van der Waals surface area contributed by atoms with E-state index in [2.05, 4.69) is 20.8 Å². The fourth-order valence-electron chi connectivity index (χ4n) is 2.42. The van der Waals surface area contributed by atoms with E-state index in [1.165, 1.54) is 0 Å². The third-order valence-corrected chi connectivity index (χ3v) is 3.74. The van der Waals surface area contributed by atoms with Crippen LogP contribution in [0.5, 0.6) is 0 Å². The maximum absolute atomic E-state index is 6.24. The van der Waals surface area contributed by atoms with Crippen LogP contribution in [-0.2, 0) is 15.3 Å². The molecule has 0 aliphatic carbocycles. The number of ether oxygens (including phenoxy) is 2. The van der Waals surface area contributed by atoms with Crippen molar-refractivity contribution in [1.82, 2.24) is 0 Å². The van der Waals surface area contributed by atoms with E-state index in [1.807, 2.05) is 13.0 Å². The van der Waals surface area contributed by atoms with Gasteiger partial charge in [-0.3, -0.25) is 0 Å². The summed E-state index contributed by atoms with van der Waals surface area (Å²) < 4.78 is 11.9. The number of benzene rings is 1. The highest BCUT2D eigenvalue weighted by Crippen LogP contribution is 2.40. The number of hydrogen-bond acceptors (Lipinski definition) is 2. The van der Waals surface area contributed by atoms with E-state index in [4.69, 9.17) is 32.7 Å². The standard InChI is InChI=1S/C15H20Cl2O2/c1-14(2,3)8-11-9-18-15(4,19-11)12-6-5-10(16)7-13(12)17/h5-7,11H,8-9H2,1-4H3/t11-,15+/m0/s1. The Hall–Kier alpha value is -0.280. The Bertz CT molecular complexity index is 468. The zero-order valence-corrected chi connectivity index (χ0v) is 13.3. The van der Waals surface area contributed by atoms with Crippen molar-refractivity contribution < 1.29 is 9.47 Å². The van der Waals surface area contributed by atoms with Gasteiger partial charge in [0.05, 0.1) is 17.7 Å². The van der Waals surface area contributed by atoms with Crippen molar-refractivity contribution in [3.05, 3.63) is 33.8 Å². The lowest BCUT2D eigenvalue weighted by molar-refractivity contribution is -0.164. The summed E-state index contributed by atoms with van der Waals surface area (Å²) in [5.74, 6) is -0.780. The van der Waals surface area contributed by atoms with Crippen LogP contribution < -0.4 is 0 Å². The molecule has 0 bridgehead atoms. The lowest BCUT2D eigenvalue weighted by Crippen LogP contribution is -2.26. The van der Waals surface area contributed by atoms with Gasteiger partial charge < -0.3 is 9.47 Å². The van der Waals surface area contributed by atoms with Crippen LogP contribution in [0.3, 0.4) is 0 Å². The topological polar surface area (TPSA) is 18.5 Å². The average molecular weight is 303 g/mol. The predicted molar refractivity (Wildman–Crippen MR) is 78.7 cm³/mol. The molecule has 4 heteroatoms. The van der Waals surface area contributed by atoms with Crippen molar-refractivity contribution in [1.29, 1.82) is 0 Å². The fourth-order valence-corrected chi connectivity index (χ4v) is 3.00. The molecule has 2 nitrogen and oxygen atoms in total. The van der Waals surface area contributed by atoms with Crippen LogP contribution in [0.4, 0.5) is 0 Å². The van der Waals surface area contributed by atoms with E-state index in [-0.39, 0.29) is 11.5 Å². The van der Waals surface area contributed by atoms with Gasteiger partial charge >= 0.3 is 0 Å². The molecular formula is C15H20Cl2O2. The normalized spacial score (nSPS) is 27.8. The third kappa shape index (κ3) is 3.63. The minimum Gasteiger partial charge on any atom is -0.343 e. The van der Waals surface area contributed by atoms with E-state index in [0.717, 1.165) is 12.0 Å². The molecule has 1 heterocycles. The molecule has 106 valence electrons. The lowest BCUT2D eigenvalue weighted by atomic mass is 9.89. The summed E-state index contributed by atoms with van der Waals surface area (Å²) in [6.45, 7) is 9.08. The quantitative estimate of drug-likeness (QED) is 0.764. The molecule has 0 aromatic heterocycles. The van der Waals surface area contributed by atoms with Crippen LogP contribution in [0.1, 0.15) is 39.7 Å². The van der Waals surface area contributed by atoms with E-state index < -0.39 is 5.79 Å². The molecule has 2 rings (SSSR count). The van der Waals surface area contributed by atoms with Crippen molar-refractivity contribution >= 4 is 23.2 Å². The first-order valence-corrected chi connectivity index (χ1v) is 7.22. The average Bonchev–Trinajstić information content (AvgIpc) is 2.57. The number of hydrogen-bond donors (Lipinski definition) is 0. The van der Waals surface area contributed by atoms with Gasteiger partial charge in [0.2, 0.25) is 0 Å². The van der Waals surface area contributed by atoms with Crippen molar-refractivity contribution in [3.63, 3.8) is 0 Å². The van der Waals surface area contributed by atoms with E-state index in [0.29, 0.717) is 16.7 Å². The van der Waals surface area contributed by atoms with Crippen LogP contribution in [0.15, 0.2) is 18.2 Å². The summed E-state index contributed by atoms with van der Waals surface area (Å²) in [7, 11) is 0. The molecular weight excluding hydrogens is 283 g/mol. The highest BCUT2D eigenvalue weighted by molar-refractivity contribution is 6.35. The highest BCUT2D eigenvalue weighted by atomic mass is 35.5. The molecule has 0 radical (unpaired) electrons. The molecule has 1 aliphatic rings. The van der Waals surface area contributed by atoms with Crippen LogP contribution in [0.2, 0.25) is 10.0 Å². The Morgan fingerprint density at radius 3 is 2.58 bits per heavy atom. The fraction of sp³-hybridized carbons (Fsp3) is 0.600. The second-order valence-electron chi connectivity index (χ2n) is 6.39. The SMILES string of the molecule is CC(C)(C)C[C@H]1CO[C@@](C)(c2ccc(Cl)cc2Cl)O1. The van der Waals surface area contributed by atoms with Crippen LogP contribution >= 0.6 is 23.2 Å². The molecule has 0 unspecified atom stereocenters. The van der Waals surface area contributed by atoms with Crippen molar-refractivity contribution in [2.75, 3.05) is 6.61 Å². The van der Waals surface area contributed by atoms with E-state index in [1.54, 1.807) is 12.1 Å². The molecule has 0 spiro atoms. The Morgan fingerprint density at radius 2 is 2.00 bits per heavy atom. The van der Waals surface area contributed by atoms with E-state index >= 15 is 0 Å².